The van der Waals surface area contributed by atoms with Crippen LogP contribution < -0.4 is 0 Å². The van der Waals surface area contributed by atoms with E-state index in [9.17, 15) is 4.79 Å². The molecule has 0 aliphatic rings. The zero-order valence-electron chi connectivity index (χ0n) is 7.70. The van der Waals surface area contributed by atoms with Crippen LogP contribution in [0.1, 0.15) is 30.8 Å². The number of nitrogens with zero attached hydrogens (tertiary/aromatic N) is 1. The summed E-state index contributed by atoms with van der Waals surface area (Å²) in [5.74, 6) is 0.335. The molecule has 0 aliphatic carbocycles. The van der Waals surface area contributed by atoms with Crippen molar-refractivity contribution in [3.8, 4) is 6.07 Å². The molecule has 0 N–H and O–H groups in total. The second kappa shape index (κ2) is 3.90. The van der Waals surface area contributed by atoms with Crippen LogP contribution in [0.2, 0.25) is 0 Å². The van der Waals surface area contributed by atoms with E-state index < -0.39 is 5.92 Å². The minimum absolute atomic E-state index is 0.100. The molecule has 0 saturated heterocycles. The molecular formula is C10H11NO2. The van der Waals surface area contributed by atoms with E-state index >= 15 is 0 Å². The molecule has 1 aromatic heterocycles. The Bertz CT molecular complexity index is 346. The maximum absolute atomic E-state index is 11.3. The predicted octanol–water partition coefficient (Wildman–Crippen LogP) is 2.17. The average molecular weight is 177 g/mol. The fraction of sp³-hybridized carbons (Fsp3) is 0.400. The molecule has 3 heteroatoms. The number of ketones is 1. The smallest absolute Gasteiger partial charge is 0.162 e. The highest BCUT2D eigenvalue weighted by atomic mass is 16.3. The van der Waals surface area contributed by atoms with E-state index in [1.807, 2.05) is 6.07 Å². The number of hydrogen-bond donors (Lipinski definition) is 0. The van der Waals surface area contributed by atoms with Gasteiger partial charge in [-0.1, -0.05) is 6.92 Å². The summed E-state index contributed by atoms with van der Waals surface area (Å²) < 4.78 is 5.22. The van der Waals surface area contributed by atoms with E-state index in [4.69, 9.17) is 9.68 Å². The predicted molar refractivity (Wildman–Crippen MR) is 47.1 cm³/mol. The van der Waals surface area contributed by atoms with Crippen molar-refractivity contribution in [1.82, 2.24) is 0 Å². The summed E-state index contributed by atoms with van der Waals surface area (Å²) in [4.78, 5) is 11.3. The lowest BCUT2D eigenvalue weighted by Crippen LogP contribution is -2.08. The topological polar surface area (TPSA) is 54.0 Å². The normalized spacial score (nSPS) is 12.1. The van der Waals surface area contributed by atoms with Crippen molar-refractivity contribution in [1.29, 1.82) is 5.26 Å². The Hall–Kier alpha value is -1.56. The molecule has 0 aliphatic heterocycles. The van der Waals surface area contributed by atoms with Gasteiger partial charge in [-0.3, -0.25) is 4.79 Å². The molecule has 0 fully saturated rings. The van der Waals surface area contributed by atoms with E-state index in [-0.39, 0.29) is 5.78 Å². The average Bonchev–Trinajstić information content (AvgIpc) is 2.53. The highest BCUT2D eigenvalue weighted by Gasteiger charge is 2.21. The molecule has 1 unspecified atom stereocenters. The third kappa shape index (κ3) is 1.97. The van der Waals surface area contributed by atoms with Gasteiger partial charge in [0.1, 0.15) is 11.5 Å². The van der Waals surface area contributed by atoms with Gasteiger partial charge < -0.3 is 4.42 Å². The van der Waals surface area contributed by atoms with Crippen molar-refractivity contribution in [3.63, 3.8) is 0 Å². The quantitative estimate of drug-likeness (QED) is 0.711. The van der Waals surface area contributed by atoms with Crippen LogP contribution in [0.25, 0.3) is 0 Å². The lowest BCUT2D eigenvalue weighted by Gasteiger charge is -2.01. The molecule has 68 valence electrons. The summed E-state index contributed by atoms with van der Waals surface area (Å²) in [5, 5.41) is 8.76. The van der Waals surface area contributed by atoms with Crippen molar-refractivity contribution < 1.29 is 9.21 Å². The summed E-state index contributed by atoms with van der Waals surface area (Å²) in [6.07, 6.45) is 0.359. The van der Waals surface area contributed by atoms with E-state index in [1.165, 1.54) is 0 Å². The zero-order chi connectivity index (χ0) is 9.84. The lowest BCUT2D eigenvalue weighted by atomic mass is 10.0. The Labute approximate surface area is 77.0 Å². The maximum atomic E-state index is 11.3. The molecule has 3 nitrogen and oxygen atoms in total. The molecule has 1 aromatic rings. The van der Waals surface area contributed by atoms with Gasteiger partial charge in [-0.05, 0) is 19.1 Å². The standard InChI is InChI=1S/C10H11NO2/c1-3-9(12)8(6-11)10-5-4-7(2)13-10/h4-5,8H,3H2,1-2H3. The molecule has 1 heterocycles. The van der Waals surface area contributed by atoms with Crippen LogP contribution in [-0.2, 0) is 4.79 Å². The van der Waals surface area contributed by atoms with Gasteiger partial charge in [0.2, 0.25) is 0 Å². The fourth-order valence-corrected chi connectivity index (χ4v) is 1.11. The summed E-state index contributed by atoms with van der Waals surface area (Å²) in [6, 6.07) is 5.37. The first-order valence-electron chi connectivity index (χ1n) is 4.17. The van der Waals surface area contributed by atoms with Gasteiger partial charge in [0.25, 0.3) is 0 Å². The van der Waals surface area contributed by atoms with Gasteiger partial charge >= 0.3 is 0 Å². The lowest BCUT2D eigenvalue weighted by molar-refractivity contribution is -0.119. The van der Waals surface area contributed by atoms with Gasteiger partial charge in [-0.2, -0.15) is 5.26 Å². The van der Waals surface area contributed by atoms with E-state index in [1.54, 1.807) is 26.0 Å². The molecule has 0 saturated carbocycles. The highest BCUT2D eigenvalue weighted by Crippen LogP contribution is 2.19. The highest BCUT2D eigenvalue weighted by molar-refractivity contribution is 5.87. The van der Waals surface area contributed by atoms with Crippen LogP contribution in [0.4, 0.5) is 0 Å². The molecule has 0 aromatic carbocycles. The molecule has 0 radical (unpaired) electrons. The molecule has 1 atom stereocenters. The van der Waals surface area contributed by atoms with Gasteiger partial charge in [0.05, 0.1) is 6.07 Å². The van der Waals surface area contributed by atoms with Gasteiger partial charge in [-0.15, -0.1) is 0 Å². The third-order valence-corrected chi connectivity index (χ3v) is 1.85. The van der Waals surface area contributed by atoms with E-state index in [2.05, 4.69) is 0 Å². The minimum atomic E-state index is -0.737. The van der Waals surface area contributed by atoms with Crippen LogP contribution in [0, 0.1) is 18.3 Å². The van der Waals surface area contributed by atoms with Crippen LogP contribution >= 0.6 is 0 Å². The van der Waals surface area contributed by atoms with Crippen LogP contribution in [0.3, 0.4) is 0 Å². The van der Waals surface area contributed by atoms with Crippen molar-refractivity contribution >= 4 is 5.78 Å². The molecular weight excluding hydrogens is 166 g/mol. The van der Waals surface area contributed by atoms with Gasteiger partial charge in [-0.25, -0.2) is 0 Å². The van der Waals surface area contributed by atoms with E-state index in [0.717, 1.165) is 5.76 Å². The number of Topliss-reactive ketones (excluding diaryl/α,β-unsaturated/α-hetero) is 1. The Morgan fingerprint density at radius 3 is 2.77 bits per heavy atom. The number of aryl methyl sites for hydroxylation is 1. The van der Waals surface area contributed by atoms with Gasteiger partial charge in [0.15, 0.2) is 11.7 Å². The van der Waals surface area contributed by atoms with Crippen molar-refractivity contribution in [2.75, 3.05) is 0 Å². The molecule has 13 heavy (non-hydrogen) atoms. The van der Waals surface area contributed by atoms with Gasteiger partial charge in [0, 0.05) is 6.42 Å². The van der Waals surface area contributed by atoms with Crippen molar-refractivity contribution in [3.05, 3.63) is 23.7 Å². The summed E-state index contributed by atoms with van der Waals surface area (Å²) >= 11 is 0. The fourth-order valence-electron chi connectivity index (χ4n) is 1.11. The number of carbonyl (C=O) groups excluding carboxylic acids is 1. The number of carbonyl (C=O) groups is 1. The van der Waals surface area contributed by atoms with Crippen LogP contribution in [0.15, 0.2) is 16.5 Å². The number of hydrogen-bond acceptors (Lipinski definition) is 3. The Morgan fingerprint density at radius 1 is 1.69 bits per heavy atom. The summed E-state index contributed by atoms with van der Waals surface area (Å²) in [5.41, 5.74) is 0. The zero-order valence-corrected chi connectivity index (χ0v) is 7.70. The second-order valence-corrected chi connectivity index (χ2v) is 2.83. The molecule has 0 bridgehead atoms. The van der Waals surface area contributed by atoms with Crippen LogP contribution in [-0.4, -0.2) is 5.78 Å². The first-order chi connectivity index (χ1) is 6.19. The summed E-state index contributed by atoms with van der Waals surface area (Å²) in [7, 11) is 0. The van der Waals surface area contributed by atoms with Crippen molar-refractivity contribution in [2.24, 2.45) is 0 Å². The Kier molecular flexibility index (Phi) is 2.86. The third-order valence-electron chi connectivity index (χ3n) is 1.85. The molecule has 1 rings (SSSR count). The first kappa shape index (κ1) is 9.53. The number of nitriles is 1. The largest absolute Gasteiger partial charge is 0.465 e. The monoisotopic (exact) mass is 177 g/mol. The molecule has 0 amide bonds. The SMILES string of the molecule is CCC(=O)C(C#N)c1ccc(C)o1. The first-order valence-corrected chi connectivity index (χ1v) is 4.17. The van der Waals surface area contributed by atoms with E-state index in [0.29, 0.717) is 12.2 Å². The molecule has 0 spiro atoms. The Morgan fingerprint density at radius 2 is 2.38 bits per heavy atom. The minimum Gasteiger partial charge on any atom is -0.465 e. The number of rotatable bonds is 3. The summed E-state index contributed by atoms with van der Waals surface area (Å²) in [6.45, 7) is 3.52. The van der Waals surface area contributed by atoms with Crippen LogP contribution in [0.5, 0.6) is 0 Å². The van der Waals surface area contributed by atoms with Crippen molar-refractivity contribution in [2.45, 2.75) is 26.2 Å². The Balaban J connectivity index is 2.92. The second-order valence-electron chi connectivity index (χ2n) is 2.83. The number of furan rings is 1. The maximum Gasteiger partial charge on any atom is 0.162 e.